The summed E-state index contributed by atoms with van der Waals surface area (Å²) in [6, 6.07) is 5.87. The van der Waals surface area contributed by atoms with Gasteiger partial charge in [-0.3, -0.25) is 9.59 Å². The number of benzene rings is 1. The largest absolute Gasteiger partial charge is 0.419 e. The molecule has 2 aromatic heterocycles. The van der Waals surface area contributed by atoms with Gasteiger partial charge in [0.05, 0.1) is 30.1 Å². The highest BCUT2D eigenvalue weighted by molar-refractivity contribution is 5.94. The van der Waals surface area contributed by atoms with Crippen LogP contribution < -0.4 is 20.3 Å². The maximum atomic E-state index is 13.1. The van der Waals surface area contributed by atoms with Gasteiger partial charge in [-0.2, -0.15) is 18.3 Å². The van der Waals surface area contributed by atoms with Crippen LogP contribution in [-0.2, 0) is 15.7 Å². The zero-order chi connectivity index (χ0) is 28.6. The van der Waals surface area contributed by atoms with E-state index in [0.717, 1.165) is 49.4 Å². The minimum absolute atomic E-state index is 0.0551. The van der Waals surface area contributed by atoms with Crippen LogP contribution in [0.1, 0.15) is 24.8 Å². The van der Waals surface area contributed by atoms with Gasteiger partial charge in [0.15, 0.2) is 5.82 Å². The highest BCUT2D eigenvalue weighted by atomic mass is 19.4. The third-order valence-electron chi connectivity index (χ3n) is 7.94. The quantitative estimate of drug-likeness (QED) is 0.492. The van der Waals surface area contributed by atoms with E-state index < -0.39 is 11.7 Å². The van der Waals surface area contributed by atoms with Crippen LogP contribution in [0, 0.1) is 0 Å². The third-order valence-corrected chi connectivity index (χ3v) is 7.94. The molecule has 3 aromatic rings. The molecule has 0 radical (unpaired) electrons. The van der Waals surface area contributed by atoms with Crippen LogP contribution >= 0.6 is 0 Å². The van der Waals surface area contributed by atoms with E-state index in [1.165, 1.54) is 0 Å². The van der Waals surface area contributed by atoms with Crippen LogP contribution in [0.15, 0.2) is 35.4 Å². The molecule has 41 heavy (non-hydrogen) atoms. The Labute approximate surface area is 233 Å². The fraction of sp³-hybridized carbons (Fsp3) is 0.519. The van der Waals surface area contributed by atoms with Crippen molar-refractivity contribution in [2.24, 2.45) is 0 Å². The number of alkyl halides is 3. The number of nitrogens with zero attached hydrogens (tertiary/aromatic N) is 7. The van der Waals surface area contributed by atoms with Crippen molar-refractivity contribution in [2.45, 2.75) is 31.5 Å². The predicted octanol–water partition coefficient (Wildman–Crippen LogP) is 2.28. The minimum atomic E-state index is -4.49. The molecule has 1 aromatic carbocycles. The maximum Gasteiger partial charge on any atom is 0.419 e. The Bertz CT molecular complexity index is 1450. The number of ether oxygens (including phenoxy) is 1. The number of H-pyrrole nitrogens is 1. The molecule has 3 fully saturated rings. The van der Waals surface area contributed by atoms with E-state index in [0.29, 0.717) is 57.1 Å². The van der Waals surface area contributed by atoms with Crippen molar-refractivity contribution < 1.29 is 22.7 Å². The Morgan fingerprint density at radius 1 is 0.951 bits per heavy atom. The van der Waals surface area contributed by atoms with Crippen molar-refractivity contribution in [1.29, 1.82) is 0 Å². The van der Waals surface area contributed by atoms with Crippen molar-refractivity contribution in [3.63, 3.8) is 0 Å². The van der Waals surface area contributed by atoms with Crippen LogP contribution in [0.4, 0.5) is 30.6 Å². The lowest BCUT2D eigenvalue weighted by atomic mass is 10.1. The molecule has 6 rings (SSSR count). The number of piperazine rings is 1. The Balaban J connectivity index is 1.09. The number of carbonyl (C=O) groups excluding carboxylic acids is 1. The predicted molar refractivity (Wildman–Crippen MR) is 146 cm³/mol. The molecule has 11 nitrogen and oxygen atoms in total. The summed E-state index contributed by atoms with van der Waals surface area (Å²) >= 11 is 0. The first-order valence-electron chi connectivity index (χ1n) is 13.8. The fourth-order valence-electron chi connectivity index (χ4n) is 5.70. The maximum absolute atomic E-state index is 13.1. The van der Waals surface area contributed by atoms with E-state index in [1.54, 1.807) is 9.80 Å². The summed E-state index contributed by atoms with van der Waals surface area (Å²) in [4.78, 5) is 41.3. The monoisotopic (exact) mass is 572 g/mol. The number of halogens is 3. The number of nitrogens with one attached hydrogen (secondary N) is 1. The van der Waals surface area contributed by atoms with Gasteiger partial charge < -0.3 is 24.3 Å². The molecular weight excluding hydrogens is 541 g/mol. The van der Waals surface area contributed by atoms with Crippen LogP contribution in [0.5, 0.6) is 0 Å². The van der Waals surface area contributed by atoms with Crippen LogP contribution in [0.2, 0.25) is 0 Å². The molecule has 1 amide bonds. The number of morpholine rings is 1. The van der Waals surface area contributed by atoms with Crippen LogP contribution in [0.3, 0.4) is 0 Å². The van der Waals surface area contributed by atoms with Gasteiger partial charge in [0, 0.05) is 75.8 Å². The first-order valence-corrected chi connectivity index (χ1v) is 13.8. The number of aromatic amines is 1. The van der Waals surface area contributed by atoms with Gasteiger partial charge >= 0.3 is 6.18 Å². The van der Waals surface area contributed by atoms with Gasteiger partial charge in [0.1, 0.15) is 0 Å². The Kier molecular flexibility index (Phi) is 7.41. The average molecular weight is 573 g/mol. The molecule has 1 atom stereocenters. The smallest absolute Gasteiger partial charge is 0.374 e. The number of carbonyl (C=O) groups is 1. The number of rotatable bonds is 5. The van der Waals surface area contributed by atoms with Gasteiger partial charge in [-0.1, -0.05) is 0 Å². The normalized spacial score (nSPS) is 20.2. The molecule has 0 bridgehead atoms. The van der Waals surface area contributed by atoms with Gasteiger partial charge in [0.25, 0.3) is 5.56 Å². The molecule has 3 aliphatic heterocycles. The van der Waals surface area contributed by atoms with E-state index in [4.69, 9.17) is 4.74 Å². The molecular formula is C27H31F3N8O3. The van der Waals surface area contributed by atoms with Gasteiger partial charge in [-0.05, 0) is 31.0 Å². The number of amides is 1. The van der Waals surface area contributed by atoms with Crippen molar-refractivity contribution in [1.82, 2.24) is 25.1 Å². The van der Waals surface area contributed by atoms with Crippen LogP contribution in [0.25, 0.3) is 10.8 Å². The Hall–Kier alpha value is -3.94. The first-order chi connectivity index (χ1) is 19.8. The van der Waals surface area contributed by atoms with Crippen LogP contribution in [-0.4, -0.2) is 96.0 Å². The topological polar surface area (TPSA) is 111 Å². The highest BCUT2D eigenvalue weighted by Gasteiger charge is 2.32. The number of aromatic nitrogens is 4. The van der Waals surface area contributed by atoms with Crippen molar-refractivity contribution >= 4 is 34.1 Å². The lowest BCUT2D eigenvalue weighted by Gasteiger charge is -2.37. The lowest BCUT2D eigenvalue weighted by Crippen LogP contribution is -2.51. The van der Waals surface area contributed by atoms with E-state index >= 15 is 0 Å². The standard InChI is InChI=1S/C27H31F3N8O3/c28-27(29,30)18-15-31-26(32-16-18)37-9-7-36(8-10-37)23(39)14-20-17-38(11-12-41-20)24-22-13-19(35-5-1-2-6-35)3-4-21(22)25(40)34-33-24/h3-4,13,15-16,20H,1-2,5-12,14,17H2,(H,34,40). The summed E-state index contributed by atoms with van der Waals surface area (Å²) in [5.41, 5.74) is -0.0595. The second-order valence-corrected chi connectivity index (χ2v) is 10.6. The molecule has 5 heterocycles. The summed E-state index contributed by atoms with van der Waals surface area (Å²) in [6.07, 6.45) is -0.797. The van der Waals surface area contributed by atoms with Gasteiger partial charge in [-0.25, -0.2) is 15.1 Å². The second-order valence-electron chi connectivity index (χ2n) is 10.6. The summed E-state index contributed by atoms with van der Waals surface area (Å²) in [5, 5.41) is 8.37. The van der Waals surface area contributed by atoms with E-state index in [1.807, 2.05) is 18.2 Å². The Morgan fingerprint density at radius 3 is 2.39 bits per heavy atom. The molecule has 0 aliphatic carbocycles. The van der Waals surface area contributed by atoms with Crippen molar-refractivity contribution in [2.75, 3.05) is 73.7 Å². The number of fused-ring (bicyclic) bond motifs is 1. The number of hydrogen-bond donors (Lipinski definition) is 1. The lowest BCUT2D eigenvalue weighted by molar-refractivity contribution is -0.138. The number of anilines is 3. The zero-order valence-electron chi connectivity index (χ0n) is 22.4. The molecule has 1 N–H and O–H groups in total. The van der Waals surface area contributed by atoms with Gasteiger partial charge in [-0.15, -0.1) is 0 Å². The number of hydrogen-bond acceptors (Lipinski definition) is 9. The zero-order valence-corrected chi connectivity index (χ0v) is 22.4. The highest BCUT2D eigenvalue weighted by Crippen LogP contribution is 2.30. The average Bonchev–Trinajstić information content (AvgIpc) is 3.52. The van der Waals surface area contributed by atoms with Crippen molar-refractivity contribution in [3.8, 4) is 0 Å². The second kappa shape index (κ2) is 11.1. The van der Waals surface area contributed by atoms with E-state index in [9.17, 15) is 22.8 Å². The Morgan fingerprint density at radius 2 is 1.68 bits per heavy atom. The molecule has 1 unspecified atom stereocenters. The SMILES string of the molecule is O=C(CC1CN(c2n[nH]c(=O)c3ccc(N4CCCC4)cc23)CCO1)N1CCN(c2ncc(C(F)(F)F)cn2)CC1. The fourth-order valence-corrected chi connectivity index (χ4v) is 5.70. The first kappa shape index (κ1) is 27.2. The van der Waals surface area contributed by atoms with E-state index in [2.05, 4.69) is 30.0 Å². The summed E-state index contributed by atoms with van der Waals surface area (Å²) in [6.45, 7) is 5.09. The molecule has 3 aliphatic rings. The molecule has 14 heteroatoms. The molecule has 0 saturated carbocycles. The summed E-state index contributed by atoms with van der Waals surface area (Å²) in [7, 11) is 0. The molecule has 218 valence electrons. The van der Waals surface area contributed by atoms with Crippen molar-refractivity contribution in [3.05, 3.63) is 46.5 Å². The minimum Gasteiger partial charge on any atom is -0.374 e. The van der Waals surface area contributed by atoms with E-state index in [-0.39, 0.29) is 29.9 Å². The summed E-state index contributed by atoms with van der Waals surface area (Å²) in [5.74, 6) is 0.830. The summed E-state index contributed by atoms with van der Waals surface area (Å²) < 4.78 is 44.4. The third kappa shape index (κ3) is 5.78. The molecule has 3 saturated heterocycles. The molecule has 0 spiro atoms. The van der Waals surface area contributed by atoms with Gasteiger partial charge in [0.2, 0.25) is 11.9 Å².